The molecule has 7 heteroatoms. The van der Waals surface area contributed by atoms with Gasteiger partial charge in [-0.15, -0.1) is 0 Å². The number of hydrogen-bond donors (Lipinski definition) is 0. The van der Waals surface area contributed by atoms with Crippen molar-refractivity contribution in [3.63, 3.8) is 0 Å². The molecule has 0 atom stereocenters. The number of carbonyl (C=O) groups is 1. The topological polar surface area (TPSA) is 35.5 Å². The lowest BCUT2D eigenvalue weighted by molar-refractivity contribution is 0.101. The maximum absolute atomic E-state index is 14.1. The van der Waals surface area contributed by atoms with Crippen LogP contribution in [0.1, 0.15) is 27.0 Å². The molecule has 4 rings (SSSR count). The summed E-state index contributed by atoms with van der Waals surface area (Å²) in [5, 5.41) is 1.23. The van der Waals surface area contributed by atoms with E-state index < -0.39 is 5.82 Å². The van der Waals surface area contributed by atoms with E-state index >= 15 is 0 Å². The molecular formula is C23H14Cl3FO3. The maximum atomic E-state index is 14.1. The Hall–Kier alpha value is -2.53. The minimum Gasteiger partial charge on any atom is -0.488 e. The van der Waals surface area contributed by atoms with Crippen molar-refractivity contribution in [3.8, 4) is 11.5 Å². The summed E-state index contributed by atoms with van der Waals surface area (Å²) in [7, 11) is 0. The zero-order valence-electron chi connectivity index (χ0n) is 15.6. The summed E-state index contributed by atoms with van der Waals surface area (Å²) in [5.41, 5.74) is 1.90. The molecule has 3 aromatic rings. The summed E-state index contributed by atoms with van der Waals surface area (Å²) in [6, 6.07) is 12.8. The van der Waals surface area contributed by atoms with Crippen LogP contribution in [0.3, 0.4) is 0 Å². The second-order valence-corrected chi connectivity index (χ2v) is 7.92. The van der Waals surface area contributed by atoms with Gasteiger partial charge in [-0.05, 0) is 49.4 Å². The van der Waals surface area contributed by atoms with E-state index in [1.165, 1.54) is 18.2 Å². The van der Waals surface area contributed by atoms with Crippen molar-refractivity contribution in [2.45, 2.75) is 13.5 Å². The molecule has 0 saturated heterocycles. The van der Waals surface area contributed by atoms with Crippen molar-refractivity contribution in [1.29, 1.82) is 0 Å². The lowest BCUT2D eigenvalue weighted by Crippen LogP contribution is -1.99. The molecule has 0 amide bonds. The molecule has 30 heavy (non-hydrogen) atoms. The lowest BCUT2D eigenvalue weighted by atomic mass is 10.1. The van der Waals surface area contributed by atoms with E-state index in [0.29, 0.717) is 32.7 Å². The summed E-state index contributed by atoms with van der Waals surface area (Å²) in [4.78, 5) is 12.7. The van der Waals surface area contributed by atoms with Crippen LogP contribution < -0.4 is 9.47 Å². The normalized spacial score (nSPS) is 14.0. The summed E-state index contributed by atoms with van der Waals surface area (Å²) in [6.07, 6.45) is 1.31. The van der Waals surface area contributed by atoms with Gasteiger partial charge in [0.15, 0.2) is 5.76 Å². The Bertz CT molecular complexity index is 1180. The van der Waals surface area contributed by atoms with Gasteiger partial charge < -0.3 is 9.47 Å². The average Bonchev–Trinajstić information content (AvgIpc) is 3.02. The molecule has 0 aliphatic carbocycles. The van der Waals surface area contributed by atoms with Crippen molar-refractivity contribution in [2.24, 2.45) is 0 Å². The summed E-state index contributed by atoms with van der Waals surface area (Å²) in [5.74, 6) is 0.0248. The fraction of sp³-hybridized carbons (Fsp3) is 0.0870. The van der Waals surface area contributed by atoms with Gasteiger partial charge in [0.1, 0.15) is 23.9 Å². The summed E-state index contributed by atoms with van der Waals surface area (Å²) in [6.45, 7) is 2.00. The van der Waals surface area contributed by atoms with Crippen molar-refractivity contribution >= 4 is 46.7 Å². The number of benzene rings is 3. The number of hydrogen-bond acceptors (Lipinski definition) is 3. The third-order valence-electron chi connectivity index (χ3n) is 4.71. The Morgan fingerprint density at radius 3 is 2.60 bits per heavy atom. The predicted octanol–water partition coefficient (Wildman–Crippen LogP) is 7.29. The van der Waals surface area contributed by atoms with Gasteiger partial charge in [-0.25, -0.2) is 4.39 Å². The number of halogens is 4. The second-order valence-electron chi connectivity index (χ2n) is 6.66. The standard InChI is InChI=1S/C23H14Cl3FO3/c1-12-20(29-11-13-5-6-14(24)9-18(13)26)8-7-15-22(28)21(30-23(12)15)10-16-17(25)3-2-4-19(16)27/h2-10H,11H2,1H3/b21-10-. The van der Waals surface area contributed by atoms with Crippen LogP contribution in [0.2, 0.25) is 15.1 Å². The molecular weight excluding hydrogens is 450 g/mol. The fourth-order valence-electron chi connectivity index (χ4n) is 3.10. The number of rotatable bonds is 4. The van der Waals surface area contributed by atoms with Gasteiger partial charge >= 0.3 is 0 Å². The molecule has 1 aliphatic rings. The van der Waals surface area contributed by atoms with Crippen molar-refractivity contribution in [1.82, 2.24) is 0 Å². The number of carbonyl (C=O) groups excluding carboxylic acids is 1. The molecule has 1 aliphatic heterocycles. The summed E-state index contributed by atoms with van der Waals surface area (Å²) < 4.78 is 25.7. The minimum atomic E-state index is -0.539. The Labute approximate surface area is 187 Å². The van der Waals surface area contributed by atoms with Crippen LogP contribution in [-0.4, -0.2) is 5.78 Å². The second kappa shape index (κ2) is 8.31. The third kappa shape index (κ3) is 3.91. The number of ketones is 1. The number of Topliss-reactive ketones (excluding diaryl/α,β-unsaturated/α-hetero) is 1. The number of ether oxygens (including phenoxy) is 2. The first-order chi connectivity index (χ1) is 14.3. The molecule has 3 nitrogen and oxygen atoms in total. The Morgan fingerprint density at radius 1 is 1.07 bits per heavy atom. The van der Waals surface area contributed by atoms with Gasteiger partial charge in [0.25, 0.3) is 0 Å². The van der Waals surface area contributed by atoms with Gasteiger partial charge in [0.2, 0.25) is 5.78 Å². The molecule has 0 saturated carbocycles. The SMILES string of the molecule is Cc1c(OCc2ccc(Cl)cc2Cl)ccc2c1O/C(=C\c1c(F)cccc1Cl)C2=O. The molecule has 0 fully saturated rings. The molecule has 1 heterocycles. The quantitative estimate of drug-likeness (QED) is 0.381. The monoisotopic (exact) mass is 462 g/mol. The van der Waals surface area contributed by atoms with Crippen molar-refractivity contribution < 1.29 is 18.7 Å². The van der Waals surface area contributed by atoms with Gasteiger partial charge in [0.05, 0.1) is 10.6 Å². The smallest absolute Gasteiger partial charge is 0.231 e. The molecule has 0 bridgehead atoms. The highest BCUT2D eigenvalue weighted by atomic mass is 35.5. The van der Waals surface area contributed by atoms with E-state index in [2.05, 4.69) is 0 Å². The number of allylic oxidation sites excluding steroid dienone is 1. The first-order valence-corrected chi connectivity index (χ1v) is 10.1. The maximum Gasteiger partial charge on any atom is 0.231 e. The first kappa shape index (κ1) is 20.7. The molecule has 0 N–H and O–H groups in total. The van der Waals surface area contributed by atoms with Gasteiger partial charge in [0, 0.05) is 26.7 Å². The van der Waals surface area contributed by atoms with E-state index in [-0.39, 0.29) is 28.7 Å². The highest BCUT2D eigenvalue weighted by Crippen LogP contribution is 2.40. The molecule has 152 valence electrons. The highest BCUT2D eigenvalue weighted by molar-refractivity contribution is 6.35. The van der Waals surface area contributed by atoms with Crippen LogP contribution in [0.25, 0.3) is 6.08 Å². The van der Waals surface area contributed by atoms with Crippen molar-refractivity contribution in [3.05, 3.63) is 97.4 Å². The van der Waals surface area contributed by atoms with Crippen LogP contribution in [0.5, 0.6) is 11.5 Å². The lowest BCUT2D eigenvalue weighted by Gasteiger charge is -2.12. The molecule has 0 unspecified atom stereocenters. The van der Waals surface area contributed by atoms with Crippen LogP contribution in [0.4, 0.5) is 4.39 Å². The first-order valence-electron chi connectivity index (χ1n) is 8.93. The van der Waals surface area contributed by atoms with Crippen LogP contribution >= 0.6 is 34.8 Å². The highest BCUT2D eigenvalue weighted by Gasteiger charge is 2.30. The molecule has 0 aromatic heterocycles. The molecule has 0 spiro atoms. The number of fused-ring (bicyclic) bond motifs is 1. The Kier molecular flexibility index (Phi) is 5.74. The van der Waals surface area contributed by atoms with Gasteiger partial charge in [-0.2, -0.15) is 0 Å². The Balaban J connectivity index is 1.61. The van der Waals surface area contributed by atoms with E-state index in [1.54, 1.807) is 43.3 Å². The zero-order chi connectivity index (χ0) is 21.4. The van der Waals surface area contributed by atoms with E-state index in [9.17, 15) is 9.18 Å². The van der Waals surface area contributed by atoms with Crippen LogP contribution in [0, 0.1) is 12.7 Å². The summed E-state index contributed by atoms with van der Waals surface area (Å²) >= 11 is 18.2. The van der Waals surface area contributed by atoms with E-state index in [0.717, 1.165) is 5.56 Å². The van der Waals surface area contributed by atoms with Crippen LogP contribution in [-0.2, 0) is 6.61 Å². The average molecular weight is 464 g/mol. The minimum absolute atomic E-state index is 0.00186. The molecule has 3 aromatic carbocycles. The van der Waals surface area contributed by atoms with Crippen molar-refractivity contribution in [2.75, 3.05) is 0 Å². The largest absolute Gasteiger partial charge is 0.488 e. The van der Waals surface area contributed by atoms with Gasteiger partial charge in [-0.3, -0.25) is 4.79 Å². The van der Waals surface area contributed by atoms with E-state index in [1.807, 2.05) is 0 Å². The predicted molar refractivity (Wildman–Crippen MR) is 116 cm³/mol. The molecule has 0 radical (unpaired) electrons. The third-order valence-corrected chi connectivity index (χ3v) is 5.63. The Morgan fingerprint density at radius 2 is 1.87 bits per heavy atom. The van der Waals surface area contributed by atoms with Gasteiger partial charge in [-0.1, -0.05) is 46.9 Å². The fourth-order valence-corrected chi connectivity index (χ4v) is 3.78. The van der Waals surface area contributed by atoms with Crippen LogP contribution in [0.15, 0.2) is 54.3 Å². The zero-order valence-corrected chi connectivity index (χ0v) is 17.9. The van der Waals surface area contributed by atoms with E-state index in [4.69, 9.17) is 44.3 Å².